The second kappa shape index (κ2) is 13.3. The van der Waals surface area contributed by atoms with Gasteiger partial charge in [0.1, 0.15) is 20.5 Å². The lowest BCUT2D eigenvalue weighted by Gasteiger charge is -2.22. The van der Waals surface area contributed by atoms with Gasteiger partial charge in [-0.2, -0.15) is 0 Å². The van der Waals surface area contributed by atoms with E-state index in [1.54, 1.807) is 24.5 Å². The Balaban J connectivity index is 1.26. The molecule has 208 valence electrons. The fourth-order valence-electron chi connectivity index (χ4n) is 4.63. The molecule has 2 aromatic heterocycles. The number of nitrogens with zero attached hydrogens (tertiary/aromatic N) is 10. The third-order valence-electron chi connectivity index (χ3n) is 6.43. The molecule has 0 aliphatic carbocycles. The molecule has 16 heteroatoms. The van der Waals surface area contributed by atoms with Crippen molar-refractivity contribution in [2.45, 2.75) is 32.4 Å². The Hall–Kier alpha value is -3.78. The Bertz CT molecular complexity index is 1120. The quantitative estimate of drug-likeness (QED) is 0.159. The molecule has 0 amide bonds. The van der Waals surface area contributed by atoms with Crippen molar-refractivity contribution >= 4 is 35.1 Å². The minimum Gasteiger partial charge on any atom is -0.336 e. The molecule has 2 aliphatic rings. The largest absolute Gasteiger partial charge is 0.336 e. The molecule has 2 fully saturated rings. The summed E-state index contributed by atoms with van der Waals surface area (Å²) in [5.41, 5.74) is 1.77. The standard InChI is InChI=1S/C23H28Cl2N10O4/c24-20-6-4-18(14-26-20)16-32-12-10-30(22(32)28-34(36)37)8-2-1-3-9-31-11-13-33(23(31)29-35(38)39)17-19-5-7-21(25)27-15-19/h4-7,14-15H,1-3,8-13,16-17H2/b28-22-,29-23+. The third kappa shape index (κ3) is 8.10. The average molecular weight is 579 g/mol. The summed E-state index contributed by atoms with van der Waals surface area (Å²) in [6, 6.07) is 7.05. The van der Waals surface area contributed by atoms with E-state index in [2.05, 4.69) is 20.2 Å². The van der Waals surface area contributed by atoms with E-state index in [9.17, 15) is 20.2 Å². The second-order valence-electron chi connectivity index (χ2n) is 9.13. The lowest BCUT2D eigenvalue weighted by molar-refractivity contribution is -0.486. The van der Waals surface area contributed by atoms with Crippen molar-refractivity contribution in [3.63, 3.8) is 0 Å². The fourth-order valence-corrected chi connectivity index (χ4v) is 4.85. The molecule has 2 aliphatic heterocycles. The first-order valence-electron chi connectivity index (χ1n) is 12.4. The number of halogens is 2. The van der Waals surface area contributed by atoms with Crippen LogP contribution in [0.4, 0.5) is 0 Å². The molecular weight excluding hydrogens is 551 g/mol. The zero-order valence-electron chi connectivity index (χ0n) is 21.1. The Kier molecular flexibility index (Phi) is 9.65. The maximum Gasteiger partial charge on any atom is 0.274 e. The number of hydrogen-bond acceptors (Lipinski definition) is 6. The molecule has 0 spiro atoms. The van der Waals surface area contributed by atoms with Crippen LogP contribution in [-0.4, -0.2) is 90.8 Å². The zero-order valence-corrected chi connectivity index (χ0v) is 22.6. The van der Waals surface area contributed by atoms with Gasteiger partial charge in [0.15, 0.2) is 10.1 Å². The predicted molar refractivity (Wildman–Crippen MR) is 145 cm³/mol. The van der Waals surface area contributed by atoms with Crippen molar-refractivity contribution in [3.05, 3.63) is 78.3 Å². The number of hydrazone groups is 2. The monoisotopic (exact) mass is 578 g/mol. The molecular formula is C23H28Cl2N10O4. The van der Waals surface area contributed by atoms with Crippen molar-refractivity contribution in [3.8, 4) is 0 Å². The summed E-state index contributed by atoms with van der Waals surface area (Å²) < 4.78 is 0. The maximum atomic E-state index is 11.2. The van der Waals surface area contributed by atoms with Crippen molar-refractivity contribution in [2.75, 3.05) is 39.3 Å². The first kappa shape index (κ1) is 28.2. The van der Waals surface area contributed by atoms with Crippen molar-refractivity contribution in [2.24, 2.45) is 10.2 Å². The third-order valence-corrected chi connectivity index (χ3v) is 6.88. The minimum absolute atomic E-state index is 0.335. The summed E-state index contributed by atoms with van der Waals surface area (Å²) in [6.45, 7) is 4.63. The van der Waals surface area contributed by atoms with Crippen LogP contribution in [0.2, 0.25) is 10.3 Å². The molecule has 0 aromatic carbocycles. The first-order chi connectivity index (χ1) is 18.8. The van der Waals surface area contributed by atoms with Gasteiger partial charge in [-0.25, -0.2) is 30.2 Å². The highest BCUT2D eigenvalue weighted by atomic mass is 35.5. The van der Waals surface area contributed by atoms with Crippen LogP contribution in [0.15, 0.2) is 46.9 Å². The van der Waals surface area contributed by atoms with Crippen molar-refractivity contribution < 1.29 is 10.1 Å². The van der Waals surface area contributed by atoms with Gasteiger partial charge in [-0.3, -0.25) is 0 Å². The fraction of sp³-hybridized carbons (Fsp3) is 0.478. The summed E-state index contributed by atoms with van der Waals surface area (Å²) in [5.74, 6) is 0.671. The molecule has 0 unspecified atom stereocenters. The Morgan fingerprint density at radius 1 is 0.692 bits per heavy atom. The van der Waals surface area contributed by atoms with E-state index < -0.39 is 10.1 Å². The number of pyridine rings is 2. The van der Waals surface area contributed by atoms with Crippen LogP contribution in [-0.2, 0) is 13.1 Å². The molecule has 0 saturated carbocycles. The van der Waals surface area contributed by atoms with Gasteiger partial charge in [-0.1, -0.05) is 35.3 Å². The van der Waals surface area contributed by atoms with Crippen LogP contribution in [0.3, 0.4) is 0 Å². The number of unbranched alkanes of at least 4 members (excludes halogenated alkanes) is 2. The second-order valence-corrected chi connectivity index (χ2v) is 9.91. The Morgan fingerprint density at radius 3 is 1.46 bits per heavy atom. The lowest BCUT2D eigenvalue weighted by Crippen LogP contribution is -2.35. The van der Waals surface area contributed by atoms with Crippen LogP contribution < -0.4 is 0 Å². The van der Waals surface area contributed by atoms with E-state index >= 15 is 0 Å². The van der Waals surface area contributed by atoms with Gasteiger partial charge in [0.25, 0.3) is 11.9 Å². The number of guanidine groups is 2. The summed E-state index contributed by atoms with van der Waals surface area (Å²) in [6.07, 6.45) is 5.73. The van der Waals surface area contributed by atoms with Crippen LogP contribution >= 0.6 is 23.2 Å². The highest BCUT2D eigenvalue weighted by Crippen LogP contribution is 2.18. The van der Waals surface area contributed by atoms with Crippen LogP contribution in [0, 0.1) is 20.2 Å². The molecule has 2 saturated heterocycles. The summed E-state index contributed by atoms with van der Waals surface area (Å²) in [7, 11) is 0. The summed E-state index contributed by atoms with van der Waals surface area (Å²) >= 11 is 11.7. The van der Waals surface area contributed by atoms with Crippen LogP contribution in [0.1, 0.15) is 30.4 Å². The highest BCUT2D eigenvalue weighted by Gasteiger charge is 2.31. The SMILES string of the molecule is O=[N+]([O-])/N=C1/N(CCCCCN2CCN(Cc3ccc(Cl)nc3)/C2=N/[N+](=O)[O-])CCN1Cc1ccc(Cl)nc1. The van der Waals surface area contributed by atoms with Gasteiger partial charge in [0.2, 0.25) is 0 Å². The number of nitro groups is 2. The number of hydrogen-bond donors (Lipinski definition) is 0. The first-order valence-corrected chi connectivity index (χ1v) is 13.2. The van der Waals surface area contributed by atoms with Gasteiger partial charge in [0, 0.05) is 64.8 Å². The lowest BCUT2D eigenvalue weighted by atomic mass is 10.2. The van der Waals surface area contributed by atoms with Gasteiger partial charge in [-0.15, -0.1) is 0 Å². The number of aromatic nitrogens is 2. The molecule has 0 radical (unpaired) electrons. The average Bonchev–Trinajstić information content (AvgIpc) is 3.44. The molecule has 4 heterocycles. The van der Waals surface area contributed by atoms with E-state index in [0.29, 0.717) is 74.6 Å². The molecule has 0 atom stereocenters. The van der Waals surface area contributed by atoms with Crippen LogP contribution in [0.25, 0.3) is 0 Å². The number of rotatable bonds is 12. The van der Waals surface area contributed by atoms with Gasteiger partial charge in [-0.05, 0) is 42.5 Å². The predicted octanol–water partition coefficient (Wildman–Crippen LogP) is 2.98. The van der Waals surface area contributed by atoms with Crippen molar-refractivity contribution in [1.29, 1.82) is 0 Å². The van der Waals surface area contributed by atoms with Gasteiger partial charge >= 0.3 is 0 Å². The maximum absolute atomic E-state index is 11.2. The molecule has 0 bridgehead atoms. The van der Waals surface area contributed by atoms with E-state index in [0.717, 1.165) is 30.4 Å². The molecule has 14 nitrogen and oxygen atoms in total. The zero-order chi connectivity index (χ0) is 27.8. The summed E-state index contributed by atoms with van der Waals surface area (Å²) in [5, 5.41) is 29.1. The molecule has 2 aromatic rings. The van der Waals surface area contributed by atoms with Crippen molar-refractivity contribution in [1.82, 2.24) is 29.6 Å². The highest BCUT2D eigenvalue weighted by molar-refractivity contribution is 6.29. The molecule has 39 heavy (non-hydrogen) atoms. The molecule has 4 rings (SSSR count). The topological polar surface area (TPSA) is 150 Å². The summed E-state index contributed by atoms with van der Waals surface area (Å²) in [4.78, 5) is 38.1. The van der Waals surface area contributed by atoms with Gasteiger partial charge < -0.3 is 19.6 Å². The van der Waals surface area contributed by atoms with Crippen LogP contribution in [0.5, 0.6) is 0 Å². The van der Waals surface area contributed by atoms with E-state index in [-0.39, 0.29) is 0 Å². The van der Waals surface area contributed by atoms with E-state index in [4.69, 9.17) is 23.2 Å². The Morgan fingerprint density at radius 2 is 1.10 bits per heavy atom. The van der Waals surface area contributed by atoms with E-state index in [1.165, 1.54) is 0 Å². The normalized spacial score (nSPS) is 17.6. The van der Waals surface area contributed by atoms with E-state index in [1.807, 2.05) is 31.7 Å². The minimum atomic E-state index is -0.670. The Labute approximate surface area is 234 Å². The smallest absolute Gasteiger partial charge is 0.274 e. The molecule has 0 N–H and O–H groups in total. The van der Waals surface area contributed by atoms with Gasteiger partial charge in [0.05, 0.1) is 0 Å².